The second kappa shape index (κ2) is 8.05. The van der Waals surface area contributed by atoms with Crippen molar-refractivity contribution >= 4 is 34.8 Å². The molecular weight excluding hydrogens is 416 g/mol. The van der Waals surface area contributed by atoms with Crippen LogP contribution < -0.4 is 4.90 Å². The van der Waals surface area contributed by atoms with Crippen LogP contribution in [0.5, 0.6) is 0 Å². The van der Waals surface area contributed by atoms with Crippen LogP contribution in [0.3, 0.4) is 0 Å². The minimum Gasteiger partial charge on any atom is -0.366 e. The molecule has 2 heterocycles. The zero-order chi connectivity index (χ0) is 20.5. The Kier molecular flexibility index (Phi) is 5.48. The number of anilines is 1. The molecule has 0 N–H and O–H groups in total. The van der Waals surface area contributed by atoms with Gasteiger partial charge in [0.25, 0.3) is 5.91 Å². The fourth-order valence-electron chi connectivity index (χ4n) is 3.54. The Bertz CT molecular complexity index is 1040. The highest BCUT2D eigenvalue weighted by molar-refractivity contribution is 6.39. The lowest BCUT2D eigenvalue weighted by Crippen LogP contribution is -2.49. The highest BCUT2D eigenvalue weighted by Gasteiger charge is 2.30. The molecule has 0 spiro atoms. The molecule has 0 saturated carbocycles. The van der Waals surface area contributed by atoms with Crippen molar-refractivity contribution < 1.29 is 13.7 Å². The number of aromatic nitrogens is 1. The van der Waals surface area contributed by atoms with Crippen molar-refractivity contribution in [3.8, 4) is 11.3 Å². The van der Waals surface area contributed by atoms with Crippen LogP contribution in [0.4, 0.5) is 10.1 Å². The van der Waals surface area contributed by atoms with E-state index in [1.807, 2.05) is 4.90 Å². The molecule has 0 atom stereocenters. The van der Waals surface area contributed by atoms with Gasteiger partial charge in [-0.3, -0.25) is 4.79 Å². The number of hydrogen-bond acceptors (Lipinski definition) is 4. The van der Waals surface area contributed by atoms with E-state index in [1.54, 1.807) is 48.2 Å². The van der Waals surface area contributed by atoms with Crippen molar-refractivity contribution in [3.05, 3.63) is 69.7 Å². The number of carbonyl (C=O) groups excluding carboxylic acids is 1. The zero-order valence-electron chi connectivity index (χ0n) is 15.7. The molecule has 0 radical (unpaired) electrons. The average Bonchev–Trinajstić information content (AvgIpc) is 3.09. The third kappa shape index (κ3) is 3.70. The fourth-order valence-corrected chi connectivity index (χ4v) is 4.11. The van der Waals surface area contributed by atoms with Crippen LogP contribution in [0.25, 0.3) is 11.3 Å². The van der Waals surface area contributed by atoms with Crippen LogP contribution in [0.1, 0.15) is 16.1 Å². The van der Waals surface area contributed by atoms with Crippen LogP contribution in [-0.4, -0.2) is 42.1 Å². The maximum Gasteiger partial charge on any atom is 0.259 e. The number of aryl methyl sites for hydroxylation is 1. The summed E-state index contributed by atoms with van der Waals surface area (Å²) in [5.74, 6) is -0.0711. The average molecular weight is 434 g/mol. The van der Waals surface area contributed by atoms with Crippen molar-refractivity contribution in [2.24, 2.45) is 0 Å². The summed E-state index contributed by atoms with van der Waals surface area (Å²) in [5.41, 5.74) is 1.70. The number of benzene rings is 2. The summed E-state index contributed by atoms with van der Waals surface area (Å²) in [6.45, 7) is 3.64. The Morgan fingerprint density at radius 1 is 1.03 bits per heavy atom. The molecule has 5 nitrogen and oxygen atoms in total. The van der Waals surface area contributed by atoms with E-state index in [1.165, 1.54) is 6.07 Å². The minimum atomic E-state index is -0.266. The standard InChI is InChI=1S/C21H18Cl2FN3O2/c1-13-18(20(25-29-13)19-14(22)5-4-6-15(19)23)21(28)27-11-9-26(10-12-27)17-8-3-2-7-16(17)24/h2-8H,9-12H2,1H3. The largest absolute Gasteiger partial charge is 0.366 e. The van der Waals surface area contributed by atoms with E-state index in [0.717, 1.165) is 0 Å². The van der Waals surface area contributed by atoms with Gasteiger partial charge in [-0.2, -0.15) is 0 Å². The minimum absolute atomic E-state index is 0.206. The maximum absolute atomic E-state index is 14.1. The lowest BCUT2D eigenvalue weighted by Gasteiger charge is -2.36. The summed E-state index contributed by atoms with van der Waals surface area (Å²) in [7, 11) is 0. The topological polar surface area (TPSA) is 49.6 Å². The lowest BCUT2D eigenvalue weighted by atomic mass is 10.0. The van der Waals surface area contributed by atoms with E-state index in [9.17, 15) is 9.18 Å². The van der Waals surface area contributed by atoms with E-state index >= 15 is 0 Å². The van der Waals surface area contributed by atoms with Gasteiger partial charge in [-0.1, -0.05) is 46.6 Å². The quantitative estimate of drug-likeness (QED) is 0.579. The molecule has 0 unspecified atom stereocenters. The van der Waals surface area contributed by atoms with E-state index in [0.29, 0.717) is 64.5 Å². The van der Waals surface area contributed by atoms with Crippen LogP contribution in [0.15, 0.2) is 47.0 Å². The Morgan fingerprint density at radius 3 is 2.34 bits per heavy atom. The first-order valence-corrected chi connectivity index (χ1v) is 9.92. The van der Waals surface area contributed by atoms with Gasteiger partial charge < -0.3 is 14.3 Å². The van der Waals surface area contributed by atoms with E-state index in [-0.39, 0.29) is 11.7 Å². The third-order valence-electron chi connectivity index (χ3n) is 5.04. The van der Waals surface area contributed by atoms with Gasteiger partial charge in [0.05, 0.1) is 15.7 Å². The number of carbonyl (C=O) groups is 1. The van der Waals surface area contributed by atoms with Crippen molar-refractivity contribution in [1.82, 2.24) is 10.1 Å². The third-order valence-corrected chi connectivity index (χ3v) is 5.67. The molecule has 3 aromatic rings. The van der Waals surface area contributed by atoms with Gasteiger partial charge in [0, 0.05) is 31.7 Å². The number of amides is 1. The van der Waals surface area contributed by atoms with Crippen LogP contribution in [0, 0.1) is 12.7 Å². The molecule has 1 saturated heterocycles. The van der Waals surface area contributed by atoms with Gasteiger partial charge >= 0.3 is 0 Å². The number of piperazine rings is 1. The monoisotopic (exact) mass is 433 g/mol. The highest BCUT2D eigenvalue weighted by atomic mass is 35.5. The van der Waals surface area contributed by atoms with Crippen molar-refractivity contribution in [1.29, 1.82) is 0 Å². The summed E-state index contributed by atoms with van der Waals surface area (Å²) in [5, 5.41) is 4.83. The van der Waals surface area contributed by atoms with Gasteiger partial charge in [0.1, 0.15) is 22.8 Å². The zero-order valence-corrected chi connectivity index (χ0v) is 17.2. The van der Waals surface area contributed by atoms with Crippen molar-refractivity contribution in [3.63, 3.8) is 0 Å². The second-order valence-electron chi connectivity index (χ2n) is 6.79. The first-order chi connectivity index (χ1) is 14.0. The predicted octanol–water partition coefficient (Wildman–Crippen LogP) is 5.06. The summed E-state index contributed by atoms with van der Waals surface area (Å²) in [6, 6.07) is 11.7. The second-order valence-corrected chi connectivity index (χ2v) is 7.60. The van der Waals surface area contributed by atoms with Gasteiger partial charge in [-0.15, -0.1) is 0 Å². The molecule has 1 aliphatic rings. The molecule has 1 aromatic heterocycles. The molecule has 150 valence electrons. The van der Waals surface area contributed by atoms with Crippen LogP contribution in [0.2, 0.25) is 10.0 Å². The number of hydrogen-bond donors (Lipinski definition) is 0. The van der Waals surface area contributed by atoms with E-state index in [4.69, 9.17) is 27.7 Å². The Morgan fingerprint density at radius 2 is 1.69 bits per heavy atom. The predicted molar refractivity (Wildman–Crippen MR) is 111 cm³/mol. The molecule has 8 heteroatoms. The van der Waals surface area contributed by atoms with Crippen LogP contribution in [-0.2, 0) is 0 Å². The summed E-state index contributed by atoms with van der Waals surface area (Å²) in [4.78, 5) is 16.9. The summed E-state index contributed by atoms with van der Waals surface area (Å²) >= 11 is 12.6. The SMILES string of the molecule is Cc1onc(-c2c(Cl)cccc2Cl)c1C(=O)N1CCN(c2ccccc2F)CC1. The maximum atomic E-state index is 14.1. The molecular formula is C21H18Cl2FN3O2. The van der Waals surface area contributed by atoms with Gasteiger partial charge in [0.2, 0.25) is 0 Å². The first kappa shape index (κ1) is 19.7. The molecule has 0 bridgehead atoms. The molecule has 29 heavy (non-hydrogen) atoms. The lowest BCUT2D eigenvalue weighted by molar-refractivity contribution is 0.0745. The van der Waals surface area contributed by atoms with Crippen molar-refractivity contribution in [2.75, 3.05) is 31.1 Å². The van der Waals surface area contributed by atoms with E-state index in [2.05, 4.69) is 5.16 Å². The van der Waals surface area contributed by atoms with Gasteiger partial charge in [-0.25, -0.2) is 4.39 Å². The number of rotatable bonds is 3. The van der Waals surface area contributed by atoms with Gasteiger partial charge in [0.15, 0.2) is 0 Å². The molecule has 1 amide bonds. The smallest absolute Gasteiger partial charge is 0.259 e. The molecule has 1 aliphatic heterocycles. The highest BCUT2D eigenvalue weighted by Crippen LogP contribution is 2.37. The number of para-hydroxylation sites is 1. The fraction of sp³-hybridized carbons (Fsp3) is 0.238. The number of nitrogens with zero attached hydrogens (tertiary/aromatic N) is 3. The summed E-state index contributed by atoms with van der Waals surface area (Å²) < 4.78 is 19.4. The molecule has 4 rings (SSSR count). The number of halogens is 3. The first-order valence-electron chi connectivity index (χ1n) is 9.16. The normalized spacial score (nSPS) is 14.3. The molecule has 1 fully saturated rings. The summed E-state index contributed by atoms with van der Waals surface area (Å²) in [6.07, 6.45) is 0. The van der Waals surface area contributed by atoms with E-state index < -0.39 is 0 Å². The Hall–Kier alpha value is -2.57. The molecule has 0 aliphatic carbocycles. The van der Waals surface area contributed by atoms with Gasteiger partial charge in [-0.05, 0) is 31.2 Å². The van der Waals surface area contributed by atoms with Crippen molar-refractivity contribution in [2.45, 2.75) is 6.92 Å². The Labute approximate surface area is 177 Å². The Balaban J connectivity index is 1.58. The van der Waals surface area contributed by atoms with Crippen LogP contribution >= 0.6 is 23.2 Å². The molecule has 2 aromatic carbocycles.